The Morgan fingerprint density at radius 1 is 0.479 bits per heavy atom. The molecule has 0 spiro atoms. The molecule has 272 valence electrons. The van der Waals surface area contributed by atoms with Crippen LogP contribution < -0.4 is 0 Å². The zero-order chi connectivity index (χ0) is 38.2. The highest BCUT2D eigenvalue weighted by atomic mass is 16.4. The number of carbonyl (C=O) groups excluding carboxylic acids is 2. The first kappa shape index (κ1) is 44.7. The van der Waals surface area contributed by atoms with Gasteiger partial charge in [-0.25, -0.2) is 9.59 Å². The van der Waals surface area contributed by atoms with E-state index in [0.29, 0.717) is 9.80 Å². The summed E-state index contributed by atoms with van der Waals surface area (Å²) in [5.74, 6) is -13.3. The lowest BCUT2D eigenvalue weighted by Gasteiger charge is -2.34. The van der Waals surface area contributed by atoms with Gasteiger partial charge in [-0.1, -0.05) is 6.92 Å². The van der Waals surface area contributed by atoms with Gasteiger partial charge >= 0.3 is 47.8 Å². The maximum atomic E-state index is 12.5. The van der Waals surface area contributed by atoms with Crippen LogP contribution in [0.5, 0.6) is 0 Å². The molecule has 0 bridgehead atoms. The van der Waals surface area contributed by atoms with Crippen LogP contribution >= 0.6 is 0 Å². The fourth-order valence-electron chi connectivity index (χ4n) is 4.10. The predicted molar refractivity (Wildman–Crippen MR) is 155 cm³/mol. The van der Waals surface area contributed by atoms with E-state index in [-0.39, 0.29) is 6.42 Å². The summed E-state index contributed by atoms with van der Waals surface area (Å²) in [7, 11) is 0. The fraction of sp³-hybridized carbons (Fsp3) is 0.615. The van der Waals surface area contributed by atoms with Crippen LogP contribution in [0.1, 0.15) is 41.0 Å². The zero-order valence-corrected chi connectivity index (χ0v) is 26.6. The van der Waals surface area contributed by atoms with Gasteiger partial charge in [0.1, 0.15) is 37.3 Å². The minimum atomic E-state index is -1.50. The van der Waals surface area contributed by atoms with E-state index in [2.05, 4.69) is 0 Å². The largest absolute Gasteiger partial charge is 0.480 e. The van der Waals surface area contributed by atoms with Crippen molar-refractivity contribution in [3.63, 3.8) is 0 Å². The van der Waals surface area contributed by atoms with Crippen molar-refractivity contribution in [2.45, 2.75) is 71.2 Å². The number of carbonyl (C=O) groups is 10. The van der Waals surface area contributed by atoms with Gasteiger partial charge in [-0.15, -0.1) is 0 Å². The smallest absolute Gasteiger partial charge is 0.326 e. The molecule has 0 saturated carbocycles. The maximum absolute atomic E-state index is 12.5. The highest BCUT2D eigenvalue weighted by molar-refractivity contribution is 5.90. The molecule has 2 amide bonds. The molecular formula is C26H40N4O18. The van der Waals surface area contributed by atoms with E-state index in [9.17, 15) is 47.9 Å². The van der Waals surface area contributed by atoms with Crippen LogP contribution in [0.15, 0.2) is 0 Å². The molecule has 0 heterocycles. The molecule has 5 atom stereocenters. The van der Waals surface area contributed by atoms with Crippen LogP contribution in [0.25, 0.3) is 0 Å². The quantitative estimate of drug-likeness (QED) is 0.0602. The Labute approximate surface area is 272 Å². The summed E-state index contributed by atoms with van der Waals surface area (Å²) in [6.45, 7) is 1.94. The topological polar surface area (TPSA) is 346 Å². The highest BCUT2D eigenvalue weighted by Gasteiger charge is 2.38. The predicted octanol–water partition coefficient (Wildman–Crippen LogP) is -2.76. The maximum Gasteiger partial charge on any atom is 0.326 e. The Hall–Kier alpha value is -5.38. The second-order valence-electron chi connectivity index (χ2n) is 10.1. The summed E-state index contributed by atoms with van der Waals surface area (Å²) in [5, 5.41) is 71.4. The van der Waals surface area contributed by atoms with E-state index in [0.717, 1.165) is 23.6 Å². The van der Waals surface area contributed by atoms with Gasteiger partial charge in [0.15, 0.2) is 0 Å². The fourth-order valence-corrected chi connectivity index (χ4v) is 4.10. The molecule has 0 radical (unpaired) electrons. The monoisotopic (exact) mass is 696 g/mol. The van der Waals surface area contributed by atoms with Gasteiger partial charge < -0.3 is 50.7 Å². The normalized spacial score (nSPS) is 13.8. The van der Waals surface area contributed by atoms with Gasteiger partial charge in [0.2, 0.25) is 11.8 Å². The lowest BCUT2D eigenvalue weighted by atomic mass is 10.1. The molecule has 3 unspecified atom stereocenters. The summed E-state index contributed by atoms with van der Waals surface area (Å²) in [6, 6.07) is -6.99. The van der Waals surface area contributed by atoms with Gasteiger partial charge in [-0.3, -0.25) is 48.2 Å². The first-order valence-corrected chi connectivity index (χ1v) is 13.8. The minimum absolute atomic E-state index is 0.0187. The lowest BCUT2D eigenvalue weighted by Crippen LogP contribution is -2.57. The molecule has 0 saturated heterocycles. The zero-order valence-electron chi connectivity index (χ0n) is 26.6. The SMILES string of the molecule is CC(C(=O)O)N(CC(=O)N(C(C)C(=O)O)[C@@H](C)C(=O)O)[C@@H](C)C(=O)O.CCC(C(=O)N(CC(=O)O)CC(=O)O)N(CC(=O)O)CC(=O)O. The third-order valence-electron chi connectivity index (χ3n) is 6.62. The average Bonchev–Trinajstić information content (AvgIpc) is 2.93. The van der Waals surface area contributed by atoms with Gasteiger partial charge in [-0.05, 0) is 34.1 Å². The van der Waals surface area contributed by atoms with Crippen LogP contribution in [-0.4, -0.2) is 183 Å². The lowest BCUT2D eigenvalue weighted by molar-refractivity contribution is -0.161. The molecule has 0 aromatic carbocycles. The van der Waals surface area contributed by atoms with E-state index in [1.165, 1.54) is 20.8 Å². The molecule has 0 rings (SSSR count). The standard InChI is InChI=1S/C14H22N2O9.C12H18N2O9/c1-6(11(18)19)15(7(2)12(20)21)5-10(17)16(8(3)13(22)23)9(4)14(24)25;1-2-7(13(3-8(15)16)4-9(17)18)12(23)14(5-10(19)20)6-11(21)22/h6-9H,5H2,1-4H3,(H,18,19)(H,20,21)(H,22,23)(H,24,25);7H,2-6H2,1H3,(H,15,16)(H,17,18)(H,19,20)(H,21,22)/t6-,7?,8-,9?;/m0./s1. The van der Waals surface area contributed by atoms with Crippen LogP contribution in [0.3, 0.4) is 0 Å². The number of aliphatic carboxylic acids is 8. The number of carboxylic acid groups (broad SMARTS) is 8. The molecule has 8 N–H and O–H groups in total. The molecular weight excluding hydrogens is 656 g/mol. The van der Waals surface area contributed by atoms with Gasteiger partial charge in [-0.2, -0.15) is 0 Å². The van der Waals surface area contributed by atoms with Crippen LogP contribution in [0.4, 0.5) is 0 Å². The average molecular weight is 697 g/mol. The van der Waals surface area contributed by atoms with Crippen molar-refractivity contribution in [3.05, 3.63) is 0 Å². The Morgan fingerprint density at radius 3 is 1.04 bits per heavy atom. The molecule has 0 aliphatic heterocycles. The summed E-state index contributed by atoms with van der Waals surface area (Å²) >= 11 is 0. The van der Waals surface area contributed by atoms with Gasteiger partial charge in [0.05, 0.1) is 25.7 Å². The van der Waals surface area contributed by atoms with E-state index in [4.69, 9.17) is 40.9 Å². The molecule has 0 aliphatic rings. The first-order chi connectivity index (χ1) is 21.9. The number of hydrogen-bond acceptors (Lipinski definition) is 12. The summed E-state index contributed by atoms with van der Waals surface area (Å²) < 4.78 is 0. The van der Waals surface area contributed by atoms with E-state index < -0.39 is 123 Å². The minimum Gasteiger partial charge on any atom is -0.480 e. The first-order valence-electron chi connectivity index (χ1n) is 13.8. The Kier molecular flexibility index (Phi) is 19.3. The number of rotatable bonds is 21. The summed E-state index contributed by atoms with van der Waals surface area (Å²) in [5.41, 5.74) is 0. The Morgan fingerprint density at radius 2 is 0.792 bits per heavy atom. The van der Waals surface area contributed by atoms with E-state index in [1.54, 1.807) is 0 Å². The van der Waals surface area contributed by atoms with Crippen LogP contribution in [0, 0.1) is 0 Å². The molecule has 48 heavy (non-hydrogen) atoms. The third kappa shape index (κ3) is 15.3. The number of nitrogens with zero attached hydrogens (tertiary/aromatic N) is 4. The number of amides is 2. The van der Waals surface area contributed by atoms with Gasteiger partial charge in [0.25, 0.3) is 0 Å². The van der Waals surface area contributed by atoms with Crippen LogP contribution in [-0.2, 0) is 47.9 Å². The molecule has 0 aromatic heterocycles. The van der Waals surface area contributed by atoms with Crippen molar-refractivity contribution in [3.8, 4) is 0 Å². The van der Waals surface area contributed by atoms with Crippen molar-refractivity contribution in [2.24, 2.45) is 0 Å². The highest BCUT2D eigenvalue weighted by Crippen LogP contribution is 2.13. The summed E-state index contributed by atoms with van der Waals surface area (Å²) in [4.78, 5) is 115. The van der Waals surface area contributed by atoms with Crippen molar-refractivity contribution in [1.82, 2.24) is 19.6 Å². The third-order valence-corrected chi connectivity index (χ3v) is 6.62. The summed E-state index contributed by atoms with van der Waals surface area (Å²) in [6.07, 6.45) is -0.0187. The second kappa shape index (κ2) is 20.7. The van der Waals surface area contributed by atoms with Crippen molar-refractivity contribution in [2.75, 3.05) is 32.7 Å². The van der Waals surface area contributed by atoms with Crippen molar-refractivity contribution >= 4 is 59.6 Å². The molecule has 0 fully saturated rings. The van der Waals surface area contributed by atoms with E-state index >= 15 is 0 Å². The molecule has 22 heteroatoms. The molecule has 0 aromatic rings. The Bertz CT molecular complexity index is 1170. The van der Waals surface area contributed by atoms with Crippen molar-refractivity contribution < 1.29 is 88.8 Å². The molecule has 0 aliphatic carbocycles. The van der Waals surface area contributed by atoms with E-state index in [1.807, 2.05) is 0 Å². The number of carboxylic acids is 8. The Balaban J connectivity index is 0. The van der Waals surface area contributed by atoms with Crippen molar-refractivity contribution in [1.29, 1.82) is 0 Å². The van der Waals surface area contributed by atoms with Gasteiger partial charge in [0, 0.05) is 0 Å². The number of hydrogen-bond donors (Lipinski definition) is 8. The molecule has 22 nitrogen and oxygen atoms in total. The van der Waals surface area contributed by atoms with Crippen LogP contribution in [0.2, 0.25) is 0 Å². The second-order valence-corrected chi connectivity index (χ2v) is 10.1.